The number of halogens is 1. The summed E-state index contributed by atoms with van der Waals surface area (Å²) in [6, 6.07) is 15.5. The number of likely N-dealkylation sites (N-methyl/N-ethyl adjacent to an activating group) is 1. The molecule has 0 bridgehead atoms. The molecule has 4 nitrogen and oxygen atoms in total. The van der Waals surface area contributed by atoms with Crippen LogP contribution in [0.15, 0.2) is 48.5 Å². The van der Waals surface area contributed by atoms with Crippen molar-refractivity contribution in [1.82, 2.24) is 15.2 Å². The maximum atomic E-state index is 12.3. The van der Waals surface area contributed by atoms with Gasteiger partial charge in [-0.25, -0.2) is 4.98 Å². The summed E-state index contributed by atoms with van der Waals surface area (Å²) in [6.45, 7) is 2.89. The zero-order valence-corrected chi connectivity index (χ0v) is 15.8. The predicted octanol–water partition coefficient (Wildman–Crippen LogP) is 4.26. The minimum Gasteiger partial charge on any atom is -0.348 e. The number of amides is 1. The summed E-state index contributed by atoms with van der Waals surface area (Å²) in [5.41, 5.74) is 1.93. The zero-order chi connectivity index (χ0) is 17.8. The normalized spacial score (nSPS) is 12.5. The first-order chi connectivity index (χ1) is 12.0. The molecular formula is C19H20ClN3OS. The number of para-hydroxylation sites is 1. The first kappa shape index (κ1) is 17.9. The highest BCUT2D eigenvalue weighted by atomic mass is 35.5. The Labute approximate surface area is 156 Å². The Morgan fingerprint density at radius 2 is 1.96 bits per heavy atom. The van der Waals surface area contributed by atoms with Crippen LogP contribution < -0.4 is 5.32 Å². The molecule has 0 fully saturated rings. The molecule has 1 amide bonds. The Kier molecular flexibility index (Phi) is 5.68. The lowest BCUT2D eigenvalue weighted by atomic mass is 10.1. The lowest BCUT2D eigenvalue weighted by Crippen LogP contribution is -2.36. The molecule has 0 saturated heterocycles. The van der Waals surface area contributed by atoms with Crippen LogP contribution in [0.1, 0.15) is 23.5 Å². The Morgan fingerprint density at radius 3 is 2.72 bits per heavy atom. The van der Waals surface area contributed by atoms with Crippen LogP contribution in [0.25, 0.3) is 10.2 Å². The summed E-state index contributed by atoms with van der Waals surface area (Å²) in [5, 5.41) is 4.67. The lowest BCUT2D eigenvalue weighted by Gasteiger charge is -2.19. The van der Waals surface area contributed by atoms with Crippen LogP contribution in [0, 0.1) is 0 Å². The molecule has 1 N–H and O–H groups in total. The van der Waals surface area contributed by atoms with Gasteiger partial charge in [0.05, 0.1) is 29.3 Å². The minimum atomic E-state index is -0.128. The third-order valence-electron chi connectivity index (χ3n) is 3.91. The van der Waals surface area contributed by atoms with E-state index in [-0.39, 0.29) is 11.9 Å². The Morgan fingerprint density at radius 1 is 1.24 bits per heavy atom. The fourth-order valence-corrected chi connectivity index (χ4v) is 4.06. The fourth-order valence-electron chi connectivity index (χ4n) is 2.71. The molecule has 0 saturated carbocycles. The largest absolute Gasteiger partial charge is 0.348 e. The third kappa shape index (κ3) is 4.57. The van der Waals surface area contributed by atoms with E-state index in [9.17, 15) is 4.79 Å². The number of carbonyl (C=O) groups excluding carboxylic acids is 1. The van der Waals surface area contributed by atoms with Gasteiger partial charge in [-0.3, -0.25) is 9.69 Å². The van der Waals surface area contributed by atoms with E-state index < -0.39 is 0 Å². The second kappa shape index (κ2) is 7.95. The number of nitrogens with one attached hydrogen (secondary N) is 1. The quantitative estimate of drug-likeness (QED) is 0.702. The summed E-state index contributed by atoms with van der Waals surface area (Å²) < 4.78 is 1.17. The average Bonchev–Trinajstić information content (AvgIpc) is 2.96. The highest BCUT2D eigenvalue weighted by Crippen LogP contribution is 2.23. The molecule has 2 aromatic carbocycles. The van der Waals surface area contributed by atoms with E-state index in [1.807, 2.05) is 61.3 Å². The monoisotopic (exact) mass is 373 g/mol. The summed E-state index contributed by atoms with van der Waals surface area (Å²) in [6.07, 6.45) is 0. The van der Waals surface area contributed by atoms with Crippen molar-refractivity contribution >= 4 is 39.1 Å². The molecule has 0 aliphatic rings. The molecule has 1 atom stereocenters. The van der Waals surface area contributed by atoms with E-state index in [0.717, 1.165) is 16.1 Å². The van der Waals surface area contributed by atoms with Crippen molar-refractivity contribution in [3.63, 3.8) is 0 Å². The average molecular weight is 374 g/mol. The van der Waals surface area contributed by atoms with Crippen molar-refractivity contribution in [2.24, 2.45) is 0 Å². The van der Waals surface area contributed by atoms with E-state index in [1.165, 1.54) is 4.70 Å². The Balaban J connectivity index is 1.56. The number of carbonyl (C=O) groups is 1. The summed E-state index contributed by atoms with van der Waals surface area (Å²) in [4.78, 5) is 18.9. The number of thiazole rings is 1. The minimum absolute atomic E-state index is 0.0315. The molecule has 0 unspecified atom stereocenters. The van der Waals surface area contributed by atoms with Crippen molar-refractivity contribution in [2.75, 3.05) is 13.6 Å². The second-order valence-corrected chi connectivity index (χ2v) is 7.58. The van der Waals surface area contributed by atoms with E-state index in [2.05, 4.69) is 16.4 Å². The van der Waals surface area contributed by atoms with Gasteiger partial charge in [0.2, 0.25) is 5.91 Å². The smallest absolute Gasteiger partial charge is 0.234 e. The number of aromatic nitrogens is 1. The number of hydrogen-bond acceptors (Lipinski definition) is 4. The first-order valence-corrected chi connectivity index (χ1v) is 9.29. The van der Waals surface area contributed by atoms with Crippen LogP contribution >= 0.6 is 22.9 Å². The van der Waals surface area contributed by atoms with Crippen molar-refractivity contribution in [3.8, 4) is 0 Å². The zero-order valence-electron chi connectivity index (χ0n) is 14.2. The molecule has 0 spiro atoms. The molecule has 0 aliphatic heterocycles. The first-order valence-electron chi connectivity index (χ1n) is 8.09. The molecule has 3 aromatic rings. The molecule has 1 heterocycles. The van der Waals surface area contributed by atoms with E-state index in [4.69, 9.17) is 11.6 Å². The fraction of sp³-hybridized carbons (Fsp3) is 0.263. The number of benzene rings is 2. The van der Waals surface area contributed by atoms with Crippen molar-refractivity contribution < 1.29 is 4.79 Å². The number of hydrogen-bond donors (Lipinski definition) is 1. The third-order valence-corrected chi connectivity index (χ3v) is 5.27. The van der Waals surface area contributed by atoms with Gasteiger partial charge in [0.25, 0.3) is 0 Å². The highest BCUT2D eigenvalue weighted by Gasteiger charge is 2.14. The maximum Gasteiger partial charge on any atom is 0.234 e. The molecule has 0 aliphatic carbocycles. The topological polar surface area (TPSA) is 45.2 Å². The van der Waals surface area contributed by atoms with E-state index in [0.29, 0.717) is 18.1 Å². The van der Waals surface area contributed by atoms with Crippen molar-refractivity contribution in [3.05, 3.63) is 64.1 Å². The van der Waals surface area contributed by atoms with E-state index >= 15 is 0 Å². The molecule has 6 heteroatoms. The van der Waals surface area contributed by atoms with E-state index in [1.54, 1.807) is 11.3 Å². The summed E-state index contributed by atoms with van der Waals surface area (Å²) in [7, 11) is 1.92. The van der Waals surface area contributed by atoms with Crippen LogP contribution in [0.4, 0.5) is 0 Å². The number of rotatable bonds is 6. The van der Waals surface area contributed by atoms with Gasteiger partial charge in [0.15, 0.2) is 0 Å². The summed E-state index contributed by atoms with van der Waals surface area (Å²) >= 11 is 7.85. The van der Waals surface area contributed by atoms with Gasteiger partial charge in [-0.2, -0.15) is 0 Å². The Hall–Kier alpha value is -1.95. The maximum absolute atomic E-state index is 12.3. The van der Waals surface area contributed by atoms with Gasteiger partial charge in [-0.1, -0.05) is 41.9 Å². The molecular weight excluding hydrogens is 354 g/mol. The Bertz CT molecular complexity index is 847. The number of nitrogens with zero attached hydrogens (tertiary/aromatic N) is 2. The molecule has 130 valence electrons. The van der Waals surface area contributed by atoms with Crippen LogP contribution in [-0.2, 0) is 11.3 Å². The van der Waals surface area contributed by atoms with Gasteiger partial charge in [-0.05, 0) is 37.7 Å². The van der Waals surface area contributed by atoms with Crippen molar-refractivity contribution in [1.29, 1.82) is 0 Å². The van der Waals surface area contributed by atoms with Crippen LogP contribution in [-0.4, -0.2) is 29.4 Å². The number of fused-ring (bicyclic) bond motifs is 1. The van der Waals surface area contributed by atoms with Crippen LogP contribution in [0.2, 0.25) is 5.02 Å². The molecule has 0 radical (unpaired) electrons. The van der Waals surface area contributed by atoms with Crippen LogP contribution in [0.5, 0.6) is 0 Å². The predicted molar refractivity (Wildman–Crippen MR) is 104 cm³/mol. The van der Waals surface area contributed by atoms with Gasteiger partial charge >= 0.3 is 0 Å². The van der Waals surface area contributed by atoms with Gasteiger partial charge in [0.1, 0.15) is 5.01 Å². The molecule has 25 heavy (non-hydrogen) atoms. The standard InChI is InChI=1S/C19H20ClN3OS/c1-13(14-7-3-4-8-15(14)20)21-18(24)11-23(2)12-19-22-16-9-5-6-10-17(16)25-19/h3-10,13H,11-12H2,1-2H3,(H,21,24)/t13-/m0/s1. The van der Waals surface area contributed by atoms with Crippen LogP contribution in [0.3, 0.4) is 0 Å². The summed E-state index contributed by atoms with van der Waals surface area (Å²) in [5.74, 6) is -0.0315. The lowest BCUT2D eigenvalue weighted by molar-refractivity contribution is -0.122. The second-order valence-electron chi connectivity index (χ2n) is 6.06. The molecule has 3 rings (SSSR count). The van der Waals surface area contributed by atoms with Crippen molar-refractivity contribution in [2.45, 2.75) is 19.5 Å². The van der Waals surface area contributed by atoms with Gasteiger partial charge in [0, 0.05) is 5.02 Å². The van der Waals surface area contributed by atoms with Gasteiger partial charge in [-0.15, -0.1) is 11.3 Å². The highest BCUT2D eigenvalue weighted by molar-refractivity contribution is 7.18. The SMILES string of the molecule is C[C@H](NC(=O)CN(C)Cc1nc2ccccc2s1)c1ccccc1Cl. The van der Waals surface area contributed by atoms with Gasteiger partial charge < -0.3 is 5.32 Å². The molecule has 1 aromatic heterocycles.